The van der Waals surface area contributed by atoms with Crippen LogP contribution in [0.15, 0.2) is 84.9 Å². The smallest absolute Gasteiger partial charge is 0.116 e. The Morgan fingerprint density at radius 2 is 1.30 bits per heavy atom. The molecule has 0 aromatic heterocycles. The highest BCUT2D eigenvalue weighted by atomic mass is 35.5. The Morgan fingerprint density at radius 3 is 2.17 bits per heavy atom. The minimum absolute atomic E-state index is 0.323. The summed E-state index contributed by atoms with van der Waals surface area (Å²) in [7, 11) is 0. The van der Waals surface area contributed by atoms with Crippen LogP contribution >= 0.6 is 11.6 Å². The van der Waals surface area contributed by atoms with Gasteiger partial charge in [0.2, 0.25) is 0 Å². The van der Waals surface area contributed by atoms with Gasteiger partial charge in [-0.05, 0) is 81.9 Å². The SMILES string of the molecule is Clc1cc2c3c(ccc2c2ccccc12)CCCC3.Oc1ccc2ccccc2c1. The summed E-state index contributed by atoms with van der Waals surface area (Å²) in [5.41, 5.74) is 3.04. The van der Waals surface area contributed by atoms with Crippen LogP contribution in [0.1, 0.15) is 24.0 Å². The highest BCUT2D eigenvalue weighted by Crippen LogP contribution is 2.36. The van der Waals surface area contributed by atoms with Gasteiger partial charge in [-0.1, -0.05) is 78.3 Å². The number of hydrogen-bond acceptors (Lipinski definition) is 1. The molecule has 1 aliphatic carbocycles. The molecule has 1 nitrogen and oxygen atoms in total. The van der Waals surface area contributed by atoms with Gasteiger partial charge in [-0.3, -0.25) is 0 Å². The first kappa shape index (κ1) is 19.0. The maximum absolute atomic E-state index is 9.13. The van der Waals surface area contributed by atoms with Crippen LogP contribution in [0.2, 0.25) is 5.02 Å². The Morgan fingerprint density at radius 1 is 0.600 bits per heavy atom. The van der Waals surface area contributed by atoms with Crippen molar-refractivity contribution in [3.05, 3.63) is 101 Å². The molecule has 1 N–H and O–H groups in total. The molecule has 0 radical (unpaired) electrons. The number of phenols is 1. The third-order valence-electron chi connectivity index (χ3n) is 6.06. The first-order chi connectivity index (χ1) is 14.7. The van der Waals surface area contributed by atoms with Crippen molar-refractivity contribution in [3.8, 4) is 5.75 Å². The average Bonchev–Trinajstić information content (AvgIpc) is 2.79. The fourth-order valence-electron chi connectivity index (χ4n) is 4.56. The molecule has 0 amide bonds. The summed E-state index contributed by atoms with van der Waals surface area (Å²) in [6.07, 6.45) is 5.04. The molecule has 5 aromatic carbocycles. The van der Waals surface area contributed by atoms with E-state index in [0.717, 1.165) is 21.2 Å². The van der Waals surface area contributed by atoms with Crippen molar-refractivity contribution in [1.82, 2.24) is 0 Å². The molecule has 1 aliphatic rings. The number of aryl methyl sites for hydroxylation is 2. The van der Waals surface area contributed by atoms with Crippen LogP contribution in [0.3, 0.4) is 0 Å². The highest BCUT2D eigenvalue weighted by Gasteiger charge is 2.14. The second-order valence-electron chi connectivity index (χ2n) is 7.94. The van der Waals surface area contributed by atoms with Crippen molar-refractivity contribution in [2.24, 2.45) is 0 Å². The maximum Gasteiger partial charge on any atom is 0.116 e. The summed E-state index contributed by atoms with van der Waals surface area (Å²) in [5.74, 6) is 0.323. The molecule has 0 saturated carbocycles. The fourth-order valence-corrected chi connectivity index (χ4v) is 4.84. The van der Waals surface area contributed by atoms with Crippen molar-refractivity contribution < 1.29 is 5.11 Å². The molecule has 5 aromatic rings. The molecule has 2 heteroatoms. The normalized spacial score (nSPS) is 13.1. The first-order valence-electron chi connectivity index (χ1n) is 10.5. The first-order valence-corrected chi connectivity index (χ1v) is 10.9. The monoisotopic (exact) mass is 410 g/mol. The minimum atomic E-state index is 0.323. The Bertz CT molecular complexity index is 1370. The predicted octanol–water partition coefficient (Wildman–Crippen LogP) is 8.07. The minimum Gasteiger partial charge on any atom is -0.508 e. The zero-order valence-corrected chi connectivity index (χ0v) is 17.5. The standard InChI is InChI=1S/C18H15Cl.C10H8O/c19-18-11-17-13-6-2-1-5-12(13)9-10-15(17)14-7-3-4-8-16(14)18;11-10-6-5-8-3-1-2-4-9(8)7-10/h3-4,7-11H,1-2,5-6H2;1-7,11H. The fraction of sp³-hybridized carbons (Fsp3) is 0.143. The van der Waals surface area contributed by atoms with E-state index in [2.05, 4.69) is 42.5 Å². The van der Waals surface area contributed by atoms with E-state index in [9.17, 15) is 0 Å². The van der Waals surface area contributed by atoms with Gasteiger partial charge in [0.05, 0.1) is 0 Å². The summed E-state index contributed by atoms with van der Waals surface area (Å²) in [6, 6.07) is 28.5. The van der Waals surface area contributed by atoms with Crippen LogP contribution in [-0.2, 0) is 12.8 Å². The molecular formula is C28H23ClO. The molecule has 0 fully saturated rings. The van der Waals surface area contributed by atoms with Crippen LogP contribution in [0.25, 0.3) is 32.3 Å². The van der Waals surface area contributed by atoms with Crippen LogP contribution in [0.4, 0.5) is 0 Å². The molecule has 0 saturated heterocycles. The van der Waals surface area contributed by atoms with E-state index in [1.54, 1.807) is 12.1 Å². The van der Waals surface area contributed by atoms with E-state index in [1.807, 2.05) is 30.3 Å². The van der Waals surface area contributed by atoms with Crippen molar-refractivity contribution in [2.75, 3.05) is 0 Å². The number of fused-ring (bicyclic) bond motifs is 6. The van der Waals surface area contributed by atoms with Crippen LogP contribution in [0, 0.1) is 0 Å². The lowest BCUT2D eigenvalue weighted by Crippen LogP contribution is -2.03. The number of aromatic hydroxyl groups is 1. The van der Waals surface area contributed by atoms with Gasteiger partial charge in [-0.2, -0.15) is 0 Å². The summed E-state index contributed by atoms with van der Waals surface area (Å²) < 4.78 is 0. The molecule has 0 heterocycles. The molecule has 6 rings (SSSR count). The summed E-state index contributed by atoms with van der Waals surface area (Å²) in [5, 5.41) is 17.4. The molecule has 30 heavy (non-hydrogen) atoms. The zero-order chi connectivity index (χ0) is 20.5. The molecule has 148 valence electrons. The van der Waals surface area contributed by atoms with E-state index in [-0.39, 0.29) is 0 Å². The molecule has 0 bridgehead atoms. The second kappa shape index (κ2) is 8.01. The van der Waals surface area contributed by atoms with Gasteiger partial charge >= 0.3 is 0 Å². The third kappa shape index (κ3) is 3.51. The largest absolute Gasteiger partial charge is 0.508 e. The lowest BCUT2D eigenvalue weighted by molar-refractivity contribution is 0.476. The van der Waals surface area contributed by atoms with Gasteiger partial charge in [0.15, 0.2) is 0 Å². The zero-order valence-electron chi connectivity index (χ0n) is 16.7. The number of halogens is 1. The van der Waals surface area contributed by atoms with Gasteiger partial charge < -0.3 is 5.11 Å². The van der Waals surface area contributed by atoms with Gasteiger partial charge in [0.1, 0.15) is 5.75 Å². The van der Waals surface area contributed by atoms with E-state index in [4.69, 9.17) is 16.7 Å². The van der Waals surface area contributed by atoms with Crippen molar-refractivity contribution in [1.29, 1.82) is 0 Å². The summed E-state index contributed by atoms with van der Waals surface area (Å²) in [4.78, 5) is 0. The number of phenolic OH excluding ortho intramolecular Hbond substituents is 1. The van der Waals surface area contributed by atoms with E-state index < -0.39 is 0 Å². The van der Waals surface area contributed by atoms with Gasteiger partial charge in [-0.15, -0.1) is 0 Å². The number of rotatable bonds is 0. The maximum atomic E-state index is 9.13. The van der Waals surface area contributed by atoms with Crippen LogP contribution in [0.5, 0.6) is 5.75 Å². The lowest BCUT2D eigenvalue weighted by atomic mass is 9.86. The number of hydrogen-bond donors (Lipinski definition) is 1. The molecule has 0 atom stereocenters. The molecule has 0 unspecified atom stereocenters. The van der Waals surface area contributed by atoms with Crippen LogP contribution < -0.4 is 0 Å². The van der Waals surface area contributed by atoms with Crippen molar-refractivity contribution >= 4 is 43.9 Å². The van der Waals surface area contributed by atoms with E-state index in [1.165, 1.54) is 53.0 Å². The van der Waals surface area contributed by atoms with E-state index in [0.29, 0.717) is 5.75 Å². The predicted molar refractivity (Wildman–Crippen MR) is 129 cm³/mol. The Balaban J connectivity index is 0.000000149. The lowest BCUT2D eigenvalue weighted by Gasteiger charge is -2.19. The van der Waals surface area contributed by atoms with Crippen molar-refractivity contribution in [2.45, 2.75) is 25.7 Å². The highest BCUT2D eigenvalue weighted by molar-refractivity contribution is 6.37. The molecule has 0 spiro atoms. The van der Waals surface area contributed by atoms with Gasteiger partial charge in [0.25, 0.3) is 0 Å². The Labute approximate surface area is 181 Å². The number of benzene rings is 5. The van der Waals surface area contributed by atoms with Crippen molar-refractivity contribution in [3.63, 3.8) is 0 Å². The quantitative estimate of drug-likeness (QED) is 0.256. The Kier molecular flexibility index (Phi) is 5.06. The Hall–Kier alpha value is -3.03. The second-order valence-corrected chi connectivity index (χ2v) is 8.35. The van der Waals surface area contributed by atoms with Crippen LogP contribution in [-0.4, -0.2) is 5.11 Å². The van der Waals surface area contributed by atoms with E-state index >= 15 is 0 Å². The summed E-state index contributed by atoms with van der Waals surface area (Å²) in [6.45, 7) is 0. The summed E-state index contributed by atoms with van der Waals surface area (Å²) >= 11 is 6.48. The van der Waals surface area contributed by atoms with Gasteiger partial charge in [0, 0.05) is 10.4 Å². The topological polar surface area (TPSA) is 20.2 Å². The average molecular weight is 411 g/mol. The van der Waals surface area contributed by atoms with Gasteiger partial charge in [-0.25, -0.2) is 0 Å². The molecular weight excluding hydrogens is 388 g/mol. The third-order valence-corrected chi connectivity index (χ3v) is 6.37. The molecule has 0 aliphatic heterocycles.